The van der Waals surface area contributed by atoms with Gasteiger partial charge in [0.05, 0.1) is 18.7 Å². The van der Waals surface area contributed by atoms with E-state index in [9.17, 15) is 19.5 Å². The topological polar surface area (TPSA) is 93.1 Å². The van der Waals surface area contributed by atoms with Crippen LogP contribution in [-0.2, 0) is 19.1 Å². The second-order valence-electron chi connectivity index (χ2n) is 4.53. The number of nitrogens with zero attached hydrogens (tertiary/aromatic N) is 1. The Morgan fingerprint density at radius 3 is 2.09 bits per heavy atom. The highest BCUT2D eigenvalue weighted by Crippen LogP contribution is 2.23. The predicted molar refractivity (Wildman–Crippen MR) is 79.0 cm³/mol. The van der Waals surface area contributed by atoms with Crippen molar-refractivity contribution in [2.24, 2.45) is 0 Å². The number of aromatic hydroxyl groups is 1. The summed E-state index contributed by atoms with van der Waals surface area (Å²) in [6, 6.07) is 4.58. The van der Waals surface area contributed by atoms with E-state index in [1.165, 1.54) is 26.0 Å². The maximum absolute atomic E-state index is 10.8. The summed E-state index contributed by atoms with van der Waals surface area (Å²) in [6.07, 6.45) is 0.557. The van der Waals surface area contributed by atoms with Gasteiger partial charge in [-0.1, -0.05) is 0 Å². The molecular formula is C15H19NO6. The third-order valence-electron chi connectivity index (χ3n) is 2.84. The van der Waals surface area contributed by atoms with Crippen molar-refractivity contribution in [3.63, 3.8) is 0 Å². The molecule has 0 fully saturated rings. The number of rotatable bonds is 8. The third kappa shape index (κ3) is 5.82. The van der Waals surface area contributed by atoms with Gasteiger partial charge in [-0.25, -0.2) is 0 Å². The van der Waals surface area contributed by atoms with E-state index in [2.05, 4.69) is 0 Å². The molecule has 1 aromatic rings. The Morgan fingerprint density at radius 2 is 1.68 bits per heavy atom. The SMILES string of the molecule is CC(=O)OCCN(CCOC(C)=O)c1ccc(C=O)c(O)c1. The van der Waals surface area contributed by atoms with E-state index in [1.54, 1.807) is 11.0 Å². The molecule has 0 radical (unpaired) electrons. The molecule has 0 aliphatic heterocycles. The van der Waals surface area contributed by atoms with Crippen LogP contribution < -0.4 is 4.90 Å². The van der Waals surface area contributed by atoms with Crippen LogP contribution in [0.25, 0.3) is 0 Å². The molecule has 7 nitrogen and oxygen atoms in total. The summed E-state index contributed by atoms with van der Waals surface area (Å²) >= 11 is 0. The molecule has 0 amide bonds. The molecule has 0 atom stereocenters. The van der Waals surface area contributed by atoms with E-state index < -0.39 is 0 Å². The van der Waals surface area contributed by atoms with E-state index in [0.717, 1.165) is 0 Å². The Labute approximate surface area is 128 Å². The summed E-state index contributed by atoms with van der Waals surface area (Å²) in [5.74, 6) is -0.921. The molecule has 1 aromatic carbocycles. The maximum atomic E-state index is 10.8. The second kappa shape index (κ2) is 8.66. The van der Waals surface area contributed by atoms with Crippen molar-refractivity contribution < 1.29 is 29.0 Å². The number of hydrogen-bond donors (Lipinski definition) is 1. The standard InChI is InChI=1S/C15H19NO6/c1-11(18)21-7-5-16(6-8-22-12(2)19)14-4-3-13(10-17)15(20)9-14/h3-4,9-10,20H,5-8H2,1-2H3. The highest BCUT2D eigenvalue weighted by molar-refractivity contribution is 5.80. The fraction of sp³-hybridized carbons (Fsp3) is 0.400. The van der Waals surface area contributed by atoms with Gasteiger partial charge in [0.2, 0.25) is 0 Å². The zero-order valence-electron chi connectivity index (χ0n) is 12.6. The van der Waals surface area contributed by atoms with Crippen LogP contribution in [-0.4, -0.2) is 49.6 Å². The van der Waals surface area contributed by atoms with Gasteiger partial charge in [0.25, 0.3) is 0 Å². The van der Waals surface area contributed by atoms with E-state index in [1.807, 2.05) is 0 Å². The van der Waals surface area contributed by atoms with E-state index in [4.69, 9.17) is 9.47 Å². The average molecular weight is 309 g/mol. The molecule has 120 valence electrons. The molecule has 0 heterocycles. The summed E-state index contributed by atoms with van der Waals surface area (Å²) in [7, 11) is 0. The maximum Gasteiger partial charge on any atom is 0.302 e. The smallest absolute Gasteiger partial charge is 0.302 e. The van der Waals surface area contributed by atoms with E-state index >= 15 is 0 Å². The van der Waals surface area contributed by atoms with Crippen LogP contribution in [0.1, 0.15) is 24.2 Å². The van der Waals surface area contributed by atoms with Gasteiger partial charge in [-0.05, 0) is 12.1 Å². The van der Waals surface area contributed by atoms with Crippen LogP contribution in [0.4, 0.5) is 5.69 Å². The molecule has 0 saturated carbocycles. The number of ether oxygens (including phenoxy) is 2. The molecule has 0 bridgehead atoms. The minimum absolute atomic E-state index is 0.141. The number of anilines is 1. The van der Waals surface area contributed by atoms with Crippen LogP contribution in [0.5, 0.6) is 5.75 Å². The summed E-state index contributed by atoms with van der Waals surface area (Å²) in [5, 5.41) is 9.74. The summed E-state index contributed by atoms with van der Waals surface area (Å²) < 4.78 is 9.78. The van der Waals surface area contributed by atoms with Crippen molar-refractivity contribution in [3.8, 4) is 5.75 Å². The number of phenols is 1. The number of carbonyl (C=O) groups is 3. The van der Waals surface area contributed by atoms with Crippen molar-refractivity contribution in [3.05, 3.63) is 23.8 Å². The molecule has 1 rings (SSSR count). The van der Waals surface area contributed by atoms with Crippen LogP contribution in [0.2, 0.25) is 0 Å². The first kappa shape index (κ1) is 17.5. The number of benzene rings is 1. The predicted octanol–water partition coefficient (Wildman–Crippen LogP) is 1.14. The number of phenolic OH excluding ortho intramolecular Hbond substituents is 1. The van der Waals surface area contributed by atoms with Crippen molar-refractivity contribution >= 4 is 23.9 Å². The molecule has 0 aliphatic carbocycles. The van der Waals surface area contributed by atoms with Crippen molar-refractivity contribution in [1.29, 1.82) is 0 Å². The minimum Gasteiger partial charge on any atom is -0.507 e. The molecule has 0 aromatic heterocycles. The van der Waals surface area contributed by atoms with Gasteiger partial charge in [-0.3, -0.25) is 14.4 Å². The molecule has 0 saturated heterocycles. The zero-order chi connectivity index (χ0) is 16.5. The first-order valence-corrected chi connectivity index (χ1v) is 6.74. The van der Waals surface area contributed by atoms with Crippen LogP contribution in [0.3, 0.4) is 0 Å². The summed E-state index contributed by atoms with van der Waals surface area (Å²) in [4.78, 5) is 34.1. The van der Waals surface area contributed by atoms with E-state index in [0.29, 0.717) is 25.1 Å². The molecule has 0 aliphatic rings. The molecule has 0 unspecified atom stereocenters. The van der Waals surface area contributed by atoms with Crippen LogP contribution >= 0.6 is 0 Å². The van der Waals surface area contributed by atoms with Crippen molar-refractivity contribution in [2.75, 3.05) is 31.2 Å². The van der Waals surface area contributed by atoms with Gasteiger partial charge in [0.15, 0.2) is 6.29 Å². The Balaban J connectivity index is 2.77. The van der Waals surface area contributed by atoms with Gasteiger partial charge in [-0.2, -0.15) is 0 Å². The lowest BCUT2D eigenvalue weighted by molar-refractivity contribution is -0.141. The summed E-state index contributed by atoms with van der Waals surface area (Å²) in [5.41, 5.74) is 0.811. The highest BCUT2D eigenvalue weighted by atomic mass is 16.5. The quantitative estimate of drug-likeness (QED) is 0.568. The number of hydrogen-bond acceptors (Lipinski definition) is 7. The number of esters is 2. The molecule has 22 heavy (non-hydrogen) atoms. The number of aldehydes is 1. The fourth-order valence-corrected chi connectivity index (χ4v) is 1.80. The van der Waals surface area contributed by atoms with Gasteiger partial charge in [0, 0.05) is 25.6 Å². The zero-order valence-corrected chi connectivity index (χ0v) is 12.6. The lowest BCUT2D eigenvalue weighted by Crippen LogP contribution is -2.31. The van der Waals surface area contributed by atoms with Crippen LogP contribution in [0.15, 0.2) is 18.2 Å². The molecule has 1 N–H and O–H groups in total. The molecular weight excluding hydrogens is 290 g/mol. The first-order valence-electron chi connectivity index (χ1n) is 6.74. The Kier molecular flexibility index (Phi) is 6.88. The second-order valence-corrected chi connectivity index (χ2v) is 4.53. The average Bonchev–Trinajstić information content (AvgIpc) is 2.45. The Hall–Kier alpha value is -2.57. The monoisotopic (exact) mass is 309 g/mol. The fourth-order valence-electron chi connectivity index (χ4n) is 1.80. The lowest BCUT2D eigenvalue weighted by atomic mass is 10.2. The largest absolute Gasteiger partial charge is 0.507 e. The Morgan fingerprint density at radius 1 is 1.14 bits per heavy atom. The Bertz CT molecular complexity index is 523. The van der Waals surface area contributed by atoms with Gasteiger partial charge in [0.1, 0.15) is 19.0 Å². The lowest BCUT2D eigenvalue weighted by Gasteiger charge is -2.24. The van der Waals surface area contributed by atoms with Crippen LogP contribution in [0, 0.1) is 0 Å². The first-order chi connectivity index (χ1) is 10.4. The van der Waals surface area contributed by atoms with Gasteiger partial charge < -0.3 is 19.5 Å². The van der Waals surface area contributed by atoms with Crippen molar-refractivity contribution in [1.82, 2.24) is 0 Å². The normalized spacial score (nSPS) is 9.91. The highest BCUT2D eigenvalue weighted by Gasteiger charge is 2.11. The minimum atomic E-state index is -0.390. The number of carbonyl (C=O) groups excluding carboxylic acids is 3. The van der Waals surface area contributed by atoms with Crippen molar-refractivity contribution in [2.45, 2.75) is 13.8 Å². The van der Waals surface area contributed by atoms with E-state index in [-0.39, 0.29) is 36.5 Å². The molecule has 0 spiro atoms. The third-order valence-corrected chi connectivity index (χ3v) is 2.84. The molecule has 7 heteroatoms. The van der Waals surface area contributed by atoms with Gasteiger partial charge in [-0.15, -0.1) is 0 Å². The summed E-state index contributed by atoms with van der Waals surface area (Å²) in [6.45, 7) is 3.67. The van der Waals surface area contributed by atoms with Gasteiger partial charge >= 0.3 is 11.9 Å².